The van der Waals surface area contributed by atoms with E-state index in [-0.39, 0.29) is 35.6 Å². The normalized spacial score (nSPS) is 28.0. The van der Waals surface area contributed by atoms with Crippen LogP contribution in [0, 0.1) is 11.8 Å². The topological polar surface area (TPSA) is 86.2 Å². The van der Waals surface area contributed by atoms with Crippen molar-refractivity contribution in [1.29, 1.82) is 0 Å². The monoisotopic (exact) mass is 500 g/mol. The van der Waals surface area contributed by atoms with Gasteiger partial charge in [-0.1, -0.05) is 0 Å². The zero-order valence-electron chi connectivity index (χ0n) is 16.1. The number of likely N-dealkylation sites (tertiary alicyclic amines) is 1. The van der Waals surface area contributed by atoms with Crippen LogP contribution in [0.25, 0.3) is 0 Å². The molecule has 28 heavy (non-hydrogen) atoms. The van der Waals surface area contributed by atoms with Crippen LogP contribution in [0.4, 0.5) is 0 Å². The Kier molecular flexibility index (Phi) is 7.03. The highest BCUT2D eigenvalue weighted by atomic mass is 127. The molecule has 1 aromatic rings. The number of nitrogens with one attached hydrogen (secondary N) is 2. The van der Waals surface area contributed by atoms with E-state index in [0.29, 0.717) is 42.7 Å². The zero-order valence-corrected chi connectivity index (χ0v) is 18.5. The first-order chi connectivity index (χ1) is 13.2. The number of hydrogen-bond donors (Lipinski definition) is 3. The maximum Gasteiger partial charge on any atom is 0.251 e. The Morgan fingerprint density at radius 1 is 1.18 bits per heavy atom. The average Bonchev–Trinajstić information content (AvgIpc) is 3.37. The molecule has 8 heteroatoms. The number of phenols is 1. The van der Waals surface area contributed by atoms with Crippen LogP contribution in [0.5, 0.6) is 5.75 Å². The van der Waals surface area contributed by atoms with Crippen molar-refractivity contribution in [3.8, 4) is 5.75 Å². The van der Waals surface area contributed by atoms with Gasteiger partial charge in [-0.25, -0.2) is 0 Å². The van der Waals surface area contributed by atoms with E-state index in [1.807, 2.05) is 0 Å². The van der Waals surface area contributed by atoms with Crippen molar-refractivity contribution in [1.82, 2.24) is 15.5 Å². The van der Waals surface area contributed by atoms with Crippen molar-refractivity contribution in [3.05, 3.63) is 29.8 Å². The molecule has 4 unspecified atom stereocenters. The van der Waals surface area contributed by atoms with Gasteiger partial charge in [0.15, 0.2) is 5.96 Å². The number of benzene rings is 1. The Bertz CT molecular complexity index is 694. The van der Waals surface area contributed by atoms with Crippen molar-refractivity contribution >= 4 is 35.8 Å². The molecule has 7 nitrogen and oxygen atoms in total. The smallest absolute Gasteiger partial charge is 0.251 e. The minimum absolute atomic E-state index is 0. The Balaban J connectivity index is 0.00000225. The van der Waals surface area contributed by atoms with Crippen LogP contribution in [0.2, 0.25) is 0 Å². The summed E-state index contributed by atoms with van der Waals surface area (Å²) in [7, 11) is 0. The fourth-order valence-electron chi connectivity index (χ4n) is 4.60. The molecule has 0 aromatic heterocycles. The molecule has 0 saturated carbocycles. The van der Waals surface area contributed by atoms with Crippen LogP contribution in [0.3, 0.4) is 0 Å². The van der Waals surface area contributed by atoms with Crippen molar-refractivity contribution in [2.24, 2.45) is 16.8 Å². The third-order valence-corrected chi connectivity index (χ3v) is 5.88. The number of halogens is 1. The summed E-state index contributed by atoms with van der Waals surface area (Å²) in [5, 5.41) is 15.6. The van der Waals surface area contributed by atoms with Crippen molar-refractivity contribution in [2.45, 2.75) is 32.0 Å². The Hall–Kier alpha value is -1.55. The molecule has 4 atom stereocenters. The quantitative estimate of drug-likeness (QED) is 0.249. The number of hydrogen-bond acceptors (Lipinski definition) is 4. The second kappa shape index (κ2) is 9.30. The molecule has 3 N–H and O–H groups in total. The predicted molar refractivity (Wildman–Crippen MR) is 118 cm³/mol. The number of amides is 1. The number of aromatic hydroxyl groups is 1. The summed E-state index contributed by atoms with van der Waals surface area (Å²) in [5.41, 5.74) is 0.534. The summed E-state index contributed by atoms with van der Waals surface area (Å²) in [4.78, 5) is 19.2. The highest BCUT2D eigenvalue weighted by Crippen LogP contribution is 2.47. The summed E-state index contributed by atoms with van der Waals surface area (Å²) < 4.78 is 6.05. The molecular weight excluding hydrogens is 471 g/mol. The number of guanidine groups is 1. The summed E-state index contributed by atoms with van der Waals surface area (Å²) in [6.07, 6.45) is 3.29. The number of carbonyl (C=O) groups is 1. The lowest BCUT2D eigenvalue weighted by Crippen LogP contribution is -2.41. The standard InChI is InChI=1S/C20H28N4O3.HI/c1-2-21-20(24-11-15-16(12-24)18-8-7-17(15)27-18)23-10-9-22-19(26)13-3-5-14(25)6-4-13;/h3-6,15-18,25H,2,7-12H2,1H3,(H,21,23)(H,22,26);1H. The molecule has 0 spiro atoms. The second-order valence-corrected chi connectivity index (χ2v) is 7.56. The third-order valence-electron chi connectivity index (χ3n) is 5.88. The minimum Gasteiger partial charge on any atom is -0.508 e. The van der Waals surface area contributed by atoms with Gasteiger partial charge >= 0.3 is 0 Å². The number of carbonyl (C=O) groups excluding carboxylic acids is 1. The molecule has 3 aliphatic heterocycles. The highest BCUT2D eigenvalue weighted by molar-refractivity contribution is 14.0. The zero-order chi connectivity index (χ0) is 18.8. The molecule has 3 aliphatic rings. The van der Waals surface area contributed by atoms with Crippen LogP contribution >= 0.6 is 24.0 Å². The van der Waals surface area contributed by atoms with Gasteiger partial charge in [0.05, 0.1) is 18.8 Å². The van der Waals surface area contributed by atoms with E-state index in [1.54, 1.807) is 12.1 Å². The van der Waals surface area contributed by atoms with Crippen LogP contribution in [0.1, 0.15) is 30.1 Å². The highest BCUT2D eigenvalue weighted by Gasteiger charge is 2.53. The molecule has 0 aliphatic carbocycles. The van der Waals surface area contributed by atoms with E-state index in [1.165, 1.54) is 25.0 Å². The van der Waals surface area contributed by atoms with Gasteiger partial charge in [-0.3, -0.25) is 9.79 Å². The van der Waals surface area contributed by atoms with E-state index < -0.39 is 0 Å². The third kappa shape index (κ3) is 4.37. The lowest BCUT2D eigenvalue weighted by molar-refractivity contribution is 0.0767. The Morgan fingerprint density at radius 2 is 1.82 bits per heavy atom. The number of phenolic OH excluding ortho intramolecular Hbond substituents is 1. The molecular formula is C20H29IN4O3. The van der Waals surface area contributed by atoms with E-state index in [9.17, 15) is 9.90 Å². The molecule has 0 radical (unpaired) electrons. The SMILES string of the molecule is CCNC(=NCCNC(=O)c1ccc(O)cc1)N1CC2C3CCC(O3)C2C1.I. The first-order valence-corrected chi connectivity index (χ1v) is 9.91. The molecule has 2 bridgehead atoms. The average molecular weight is 500 g/mol. The number of ether oxygens (including phenoxy) is 1. The van der Waals surface area contributed by atoms with Gasteiger partial charge < -0.3 is 25.4 Å². The summed E-state index contributed by atoms with van der Waals surface area (Å²) in [6.45, 7) is 5.93. The Morgan fingerprint density at radius 3 is 2.43 bits per heavy atom. The van der Waals surface area contributed by atoms with E-state index in [0.717, 1.165) is 25.6 Å². The van der Waals surface area contributed by atoms with Crippen molar-refractivity contribution in [3.63, 3.8) is 0 Å². The molecule has 4 rings (SSSR count). The number of nitrogens with zero attached hydrogens (tertiary/aromatic N) is 2. The largest absolute Gasteiger partial charge is 0.508 e. The maximum atomic E-state index is 12.1. The van der Waals surface area contributed by atoms with Crippen LogP contribution in [-0.2, 0) is 4.74 Å². The van der Waals surface area contributed by atoms with Crippen LogP contribution in [0.15, 0.2) is 29.3 Å². The fraction of sp³-hybridized carbons (Fsp3) is 0.600. The van der Waals surface area contributed by atoms with E-state index in [2.05, 4.69) is 22.5 Å². The molecule has 154 valence electrons. The maximum absolute atomic E-state index is 12.1. The van der Waals surface area contributed by atoms with Gasteiger partial charge in [0.2, 0.25) is 0 Å². The number of aliphatic imine (C=N–C) groups is 1. The van der Waals surface area contributed by atoms with Gasteiger partial charge in [0.25, 0.3) is 5.91 Å². The van der Waals surface area contributed by atoms with Crippen molar-refractivity contribution in [2.75, 3.05) is 32.7 Å². The molecule has 1 aromatic carbocycles. The summed E-state index contributed by atoms with van der Waals surface area (Å²) >= 11 is 0. The van der Waals surface area contributed by atoms with E-state index in [4.69, 9.17) is 9.73 Å². The Labute approximate surface area is 182 Å². The van der Waals surface area contributed by atoms with Gasteiger partial charge in [0, 0.05) is 43.6 Å². The summed E-state index contributed by atoms with van der Waals surface area (Å²) in [5.74, 6) is 2.22. The van der Waals surface area contributed by atoms with Gasteiger partial charge in [0.1, 0.15) is 5.75 Å². The van der Waals surface area contributed by atoms with Crippen LogP contribution in [-0.4, -0.2) is 66.8 Å². The number of fused-ring (bicyclic) bond motifs is 5. The van der Waals surface area contributed by atoms with Gasteiger partial charge in [-0.05, 0) is 44.0 Å². The number of rotatable bonds is 5. The fourth-order valence-corrected chi connectivity index (χ4v) is 4.60. The van der Waals surface area contributed by atoms with Crippen LogP contribution < -0.4 is 10.6 Å². The van der Waals surface area contributed by atoms with Gasteiger partial charge in [-0.15, -0.1) is 24.0 Å². The predicted octanol–water partition coefficient (Wildman–Crippen LogP) is 1.81. The molecule has 1 amide bonds. The lowest BCUT2D eigenvalue weighted by Gasteiger charge is -2.23. The summed E-state index contributed by atoms with van der Waals surface area (Å²) in [6, 6.07) is 6.24. The minimum atomic E-state index is -0.153. The second-order valence-electron chi connectivity index (χ2n) is 7.56. The first kappa shape index (κ1) is 21.2. The molecule has 3 saturated heterocycles. The van der Waals surface area contributed by atoms with E-state index >= 15 is 0 Å². The molecule has 3 heterocycles. The lowest BCUT2D eigenvalue weighted by atomic mass is 9.82. The van der Waals surface area contributed by atoms with Gasteiger partial charge in [-0.2, -0.15) is 0 Å². The first-order valence-electron chi connectivity index (χ1n) is 9.91. The molecule has 3 fully saturated rings. The van der Waals surface area contributed by atoms with Crippen molar-refractivity contribution < 1.29 is 14.6 Å².